The standard InChI is InChI=1S/C23H23N3O3/c27-23(25-17-26-11-13-28-14-12-26)21-16-24-10-9-22(21)29-20-8-4-7-19(15-20)18-5-2-1-3-6-18/h1-10,15-16H,11-14,17H2,(H,25,27). The first-order valence-electron chi connectivity index (χ1n) is 9.65. The van der Waals surface area contributed by atoms with Crippen LogP contribution in [0.25, 0.3) is 11.1 Å². The van der Waals surface area contributed by atoms with Crippen molar-refractivity contribution < 1.29 is 14.3 Å². The highest BCUT2D eigenvalue weighted by atomic mass is 16.5. The molecule has 6 nitrogen and oxygen atoms in total. The van der Waals surface area contributed by atoms with E-state index in [2.05, 4.69) is 27.3 Å². The van der Waals surface area contributed by atoms with E-state index in [1.54, 1.807) is 12.3 Å². The fraction of sp³-hybridized carbons (Fsp3) is 0.217. The largest absolute Gasteiger partial charge is 0.456 e. The number of nitrogens with zero attached hydrogens (tertiary/aromatic N) is 2. The maximum absolute atomic E-state index is 12.7. The molecule has 0 aliphatic carbocycles. The summed E-state index contributed by atoms with van der Waals surface area (Å²) in [5, 5.41) is 2.94. The molecule has 148 valence electrons. The van der Waals surface area contributed by atoms with E-state index in [9.17, 15) is 4.79 Å². The third-order valence-electron chi connectivity index (χ3n) is 4.76. The zero-order valence-electron chi connectivity index (χ0n) is 16.1. The number of carbonyl (C=O) groups excluding carboxylic acids is 1. The number of morpholine rings is 1. The number of nitrogens with one attached hydrogen (secondary N) is 1. The van der Waals surface area contributed by atoms with Gasteiger partial charge in [-0.15, -0.1) is 0 Å². The summed E-state index contributed by atoms with van der Waals surface area (Å²) in [6.07, 6.45) is 3.15. The molecule has 0 saturated carbocycles. The van der Waals surface area contributed by atoms with Gasteiger partial charge >= 0.3 is 0 Å². The number of amides is 1. The van der Waals surface area contributed by atoms with Crippen molar-refractivity contribution in [3.05, 3.63) is 78.6 Å². The van der Waals surface area contributed by atoms with Gasteiger partial charge in [-0.25, -0.2) is 0 Å². The van der Waals surface area contributed by atoms with Gasteiger partial charge < -0.3 is 14.8 Å². The lowest BCUT2D eigenvalue weighted by Crippen LogP contribution is -2.43. The second kappa shape index (κ2) is 9.32. The van der Waals surface area contributed by atoms with E-state index in [4.69, 9.17) is 9.47 Å². The first-order chi connectivity index (χ1) is 14.3. The van der Waals surface area contributed by atoms with Crippen LogP contribution in [0.4, 0.5) is 0 Å². The van der Waals surface area contributed by atoms with Gasteiger partial charge in [0.05, 0.1) is 19.9 Å². The van der Waals surface area contributed by atoms with Crippen molar-refractivity contribution in [2.45, 2.75) is 0 Å². The second-order valence-corrected chi connectivity index (χ2v) is 6.76. The van der Waals surface area contributed by atoms with Gasteiger partial charge in [-0.3, -0.25) is 14.7 Å². The van der Waals surface area contributed by atoms with Crippen molar-refractivity contribution in [2.75, 3.05) is 33.0 Å². The Morgan fingerprint density at radius 3 is 2.66 bits per heavy atom. The third-order valence-corrected chi connectivity index (χ3v) is 4.76. The number of hydrogen-bond acceptors (Lipinski definition) is 5. The molecule has 2 heterocycles. The summed E-state index contributed by atoms with van der Waals surface area (Å²) in [6, 6.07) is 19.6. The Labute approximate surface area is 170 Å². The molecular formula is C23H23N3O3. The van der Waals surface area contributed by atoms with Crippen LogP contribution >= 0.6 is 0 Å². The van der Waals surface area contributed by atoms with Crippen molar-refractivity contribution in [2.24, 2.45) is 0 Å². The molecule has 0 unspecified atom stereocenters. The predicted octanol–water partition coefficient (Wildman–Crippen LogP) is 3.56. The van der Waals surface area contributed by atoms with Gasteiger partial charge in [0.15, 0.2) is 0 Å². The van der Waals surface area contributed by atoms with Crippen molar-refractivity contribution >= 4 is 5.91 Å². The molecule has 1 aromatic heterocycles. The lowest BCUT2D eigenvalue weighted by molar-refractivity contribution is 0.0334. The molecule has 0 bridgehead atoms. The summed E-state index contributed by atoms with van der Waals surface area (Å²) < 4.78 is 11.4. The van der Waals surface area contributed by atoms with E-state index in [0.29, 0.717) is 36.9 Å². The molecule has 1 N–H and O–H groups in total. The van der Waals surface area contributed by atoms with Crippen LogP contribution in [0.5, 0.6) is 11.5 Å². The van der Waals surface area contributed by atoms with Gasteiger partial charge in [0.1, 0.15) is 17.1 Å². The second-order valence-electron chi connectivity index (χ2n) is 6.76. The Balaban J connectivity index is 1.48. The zero-order valence-corrected chi connectivity index (χ0v) is 16.1. The molecule has 0 spiro atoms. The summed E-state index contributed by atoms with van der Waals surface area (Å²) >= 11 is 0. The number of ether oxygens (including phenoxy) is 2. The lowest BCUT2D eigenvalue weighted by Gasteiger charge is -2.26. The van der Waals surface area contributed by atoms with Gasteiger partial charge in [0.25, 0.3) is 5.91 Å². The fourth-order valence-electron chi connectivity index (χ4n) is 3.18. The van der Waals surface area contributed by atoms with Crippen LogP contribution in [0.3, 0.4) is 0 Å². The van der Waals surface area contributed by atoms with Crippen molar-refractivity contribution in [1.82, 2.24) is 15.2 Å². The van der Waals surface area contributed by atoms with Crippen LogP contribution in [-0.4, -0.2) is 48.8 Å². The van der Waals surface area contributed by atoms with Crippen LogP contribution in [0, 0.1) is 0 Å². The smallest absolute Gasteiger partial charge is 0.257 e. The molecule has 2 aromatic carbocycles. The van der Waals surface area contributed by atoms with Crippen LogP contribution in [0.2, 0.25) is 0 Å². The molecule has 3 aromatic rings. The molecule has 0 radical (unpaired) electrons. The summed E-state index contributed by atoms with van der Waals surface area (Å²) in [6.45, 7) is 3.47. The SMILES string of the molecule is O=C(NCN1CCOCC1)c1cnccc1Oc1cccc(-c2ccccc2)c1. The first-order valence-corrected chi connectivity index (χ1v) is 9.65. The van der Waals surface area contributed by atoms with Crippen molar-refractivity contribution in [3.8, 4) is 22.6 Å². The Morgan fingerprint density at radius 1 is 1.03 bits per heavy atom. The normalized spacial score (nSPS) is 14.3. The average molecular weight is 389 g/mol. The Morgan fingerprint density at radius 2 is 1.83 bits per heavy atom. The van der Waals surface area contributed by atoms with E-state index in [1.807, 2.05) is 42.5 Å². The predicted molar refractivity (Wildman–Crippen MR) is 111 cm³/mol. The Hall–Kier alpha value is -3.22. The summed E-state index contributed by atoms with van der Waals surface area (Å²) in [5.74, 6) is 0.934. The number of benzene rings is 2. The van der Waals surface area contributed by atoms with E-state index in [1.165, 1.54) is 6.20 Å². The molecular weight excluding hydrogens is 366 g/mol. The van der Waals surface area contributed by atoms with Gasteiger partial charge in [0, 0.05) is 25.5 Å². The maximum Gasteiger partial charge on any atom is 0.257 e. The highest BCUT2D eigenvalue weighted by molar-refractivity contribution is 5.96. The van der Waals surface area contributed by atoms with Crippen LogP contribution in [0.1, 0.15) is 10.4 Å². The van der Waals surface area contributed by atoms with Gasteiger partial charge in [-0.05, 0) is 29.3 Å². The molecule has 1 aliphatic heterocycles. The minimum absolute atomic E-state index is 0.209. The summed E-state index contributed by atoms with van der Waals surface area (Å²) in [5.41, 5.74) is 2.57. The molecule has 1 fully saturated rings. The minimum atomic E-state index is -0.209. The highest BCUT2D eigenvalue weighted by Crippen LogP contribution is 2.28. The van der Waals surface area contributed by atoms with Crippen LogP contribution in [0.15, 0.2) is 73.1 Å². The van der Waals surface area contributed by atoms with Crippen molar-refractivity contribution in [3.63, 3.8) is 0 Å². The number of aromatic nitrogens is 1. The summed E-state index contributed by atoms with van der Waals surface area (Å²) in [7, 11) is 0. The van der Waals surface area contributed by atoms with Crippen LogP contribution < -0.4 is 10.1 Å². The lowest BCUT2D eigenvalue weighted by atomic mass is 10.1. The Bertz CT molecular complexity index is 956. The number of hydrogen-bond donors (Lipinski definition) is 1. The molecule has 6 heteroatoms. The van der Waals surface area contributed by atoms with E-state index >= 15 is 0 Å². The monoisotopic (exact) mass is 389 g/mol. The highest BCUT2D eigenvalue weighted by Gasteiger charge is 2.16. The zero-order chi connectivity index (χ0) is 19.9. The first kappa shape index (κ1) is 19.1. The number of carbonyl (C=O) groups is 1. The minimum Gasteiger partial charge on any atom is -0.456 e. The third kappa shape index (κ3) is 4.99. The van der Waals surface area contributed by atoms with E-state index in [0.717, 1.165) is 24.2 Å². The van der Waals surface area contributed by atoms with Gasteiger partial charge in [0.2, 0.25) is 0 Å². The molecule has 4 rings (SSSR count). The number of pyridine rings is 1. The van der Waals surface area contributed by atoms with E-state index in [-0.39, 0.29) is 5.91 Å². The topological polar surface area (TPSA) is 63.7 Å². The van der Waals surface area contributed by atoms with E-state index < -0.39 is 0 Å². The van der Waals surface area contributed by atoms with Gasteiger partial charge in [-0.1, -0.05) is 42.5 Å². The Kier molecular flexibility index (Phi) is 6.14. The molecule has 0 atom stereocenters. The number of rotatable bonds is 6. The molecule has 1 amide bonds. The van der Waals surface area contributed by atoms with Crippen LogP contribution in [-0.2, 0) is 4.74 Å². The molecule has 29 heavy (non-hydrogen) atoms. The van der Waals surface area contributed by atoms with Gasteiger partial charge in [-0.2, -0.15) is 0 Å². The molecule has 1 saturated heterocycles. The van der Waals surface area contributed by atoms with Crippen molar-refractivity contribution in [1.29, 1.82) is 0 Å². The maximum atomic E-state index is 12.7. The molecule has 1 aliphatic rings. The summed E-state index contributed by atoms with van der Waals surface area (Å²) in [4.78, 5) is 18.9. The quantitative estimate of drug-likeness (QED) is 0.698. The average Bonchev–Trinajstić information content (AvgIpc) is 2.79. The fourth-order valence-corrected chi connectivity index (χ4v) is 3.18.